The number of methoxy groups -OCH3 is 1. The second kappa shape index (κ2) is 4.93. The van der Waals surface area contributed by atoms with E-state index in [0.717, 1.165) is 27.9 Å². The summed E-state index contributed by atoms with van der Waals surface area (Å²) in [6.45, 7) is 2.03. The molecule has 2 aromatic heterocycles. The fraction of sp³-hybridized carbons (Fsp3) is 0.200. The first-order valence-corrected chi connectivity index (χ1v) is 6.81. The standard InChI is InChI=1S/C15H15ClN4O/c1-8-12(9-4-5-10(16)11(6-9)21-3)13-14(17)18-7-19-15(13)20(8)2/h4-7H,1-3H3,(H2,17,18,19). The molecule has 0 bridgehead atoms. The largest absolute Gasteiger partial charge is 0.495 e. The molecule has 5 nitrogen and oxygen atoms in total. The van der Waals surface area contributed by atoms with Crippen molar-refractivity contribution in [2.24, 2.45) is 7.05 Å². The molecule has 0 aliphatic rings. The Morgan fingerprint density at radius 1 is 1.29 bits per heavy atom. The average Bonchev–Trinajstić information content (AvgIpc) is 2.74. The minimum Gasteiger partial charge on any atom is -0.495 e. The summed E-state index contributed by atoms with van der Waals surface area (Å²) in [5.41, 5.74) is 9.90. The zero-order valence-electron chi connectivity index (χ0n) is 12.0. The number of halogens is 1. The molecule has 0 radical (unpaired) electrons. The molecule has 3 rings (SSSR count). The third kappa shape index (κ3) is 2.01. The second-order valence-corrected chi connectivity index (χ2v) is 5.23. The molecule has 3 aromatic rings. The second-order valence-electron chi connectivity index (χ2n) is 4.83. The monoisotopic (exact) mass is 302 g/mol. The van der Waals surface area contributed by atoms with Gasteiger partial charge < -0.3 is 15.0 Å². The number of nitrogens with two attached hydrogens (primary N) is 1. The molecule has 0 aliphatic carbocycles. The molecule has 0 amide bonds. The van der Waals surface area contributed by atoms with Gasteiger partial charge in [-0.1, -0.05) is 17.7 Å². The van der Waals surface area contributed by atoms with Crippen LogP contribution >= 0.6 is 11.6 Å². The summed E-state index contributed by atoms with van der Waals surface area (Å²) >= 11 is 6.10. The van der Waals surface area contributed by atoms with Gasteiger partial charge in [0.25, 0.3) is 0 Å². The SMILES string of the molecule is COc1cc(-c2c(C)n(C)c3ncnc(N)c23)ccc1Cl. The van der Waals surface area contributed by atoms with E-state index < -0.39 is 0 Å². The van der Waals surface area contributed by atoms with Crippen molar-refractivity contribution in [2.75, 3.05) is 12.8 Å². The van der Waals surface area contributed by atoms with Crippen LogP contribution in [0.15, 0.2) is 24.5 Å². The number of nitrogen functional groups attached to an aromatic ring is 1. The van der Waals surface area contributed by atoms with E-state index in [4.69, 9.17) is 22.1 Å². The normalized spacial score (nSPS) is 11.0. The Kier molecular flexibility index (Phi) is 3.22. The van der Waals surface area contributed by atoms with E-state index >= 15 is 0 Å². The van der Waals surface area contributed by atoms with Crippen LogP contribution in [-0.2, 0) is 7.05 Å². The van der Waals surface area contributed by atoms with Crippen molar-refractivity contribution in [3.8, 4) is 16.9 Å². The van der Waals surface area contributed by atoms with E-state index in [1.165, 1.54) is 6.33 Å². The van der Waals surface area contributed by atoms with E-state index in [-0.39, 0.29) is 0 Å². The quantitative estimate of drug-likeness (QED) is 0.789. The lowest BCUT2D eigenvalue weighted by Crippen LogP contribution is -1.95. The van der Waals surface area contributed by atoms with Crippen LogP contribution in [-0.4, -0.2) is 21.6 Å². The Hall–Kier alpha value is -2.27. The van der Waals surface area contributed by atoms with E-state index in [1.807, 2.05) is 36.7 Å². The van der Waals surface area contributed by atoms with Crippen LogP contribution in [0.4, 0.5) is 5.82 Å². The summed E-state index contributed by atoms with van der Waals surface area (Å²) in [4.78, 5) is 8.43. The lowest BCUT2D eigenvalue weighted by Gasteiger charge is -2.08. The first-order valence-electron chi connectivity index (χ1n) is 6.44. The van der Waals surface area contributed by atoms with Gasteiger partial charge in [-0.05, 0) is 24.6 Å². The van der Waals surface area contributed by atoms with Crippen molar-refractivity contribution >= 4 is 28.5 Å². The molecule has 0 spiro atoms. The topological polar surface area (TPSA) is 66.0 Å². The maximum Gasteiger partial charge on any atom is 0.146 e. The zero-order valence-corrected chi connectivity index (χ0v) is 12.8. The first kappa shape index (κ1) is 13.7. The molecule has 0 fully saturated rings. The predicted molar refractivity (Wildman–Crippen MR) is 84.7 cm³/mol. The van der Waals surface area contributed by atoms with Crippen LogP contribution in [0.2, 0.25) is 5.02 Å². The Balaban J connectivity index is 2.37. The van der Waals surface area contributed by atoms with Gasteiger partial charge in [0.15, 0.2) is 0 Å². The highest BCUT2D eigenvalue weighted by Crippen LogP contribution is 2.38. The molecule has 0 aliphatic heterocycles. The van der Waals surface area contributed by atoms with Crippen LogP contribution in [0.25, 0.3) is 22.2 Å². The minimum absolute atomic E-state index is 0.465. The van der Waals surface area contributed by atoms with E-state index in [2.05, 4.69) is 9.97 Å². The Labute approximate surface area is 127 Å². The highest BCUT2D eigenvalue weighted by Gasteiger charge is 2.18. The number of anilines is 1. The lowest BCUT2D eigenvalue weighted by atomic mass is 10.0. The van der Waals surface area contributed by atoms with Crippen LogP contribution in [0.1, 0.15) is 5.69 Å². The van der Waals surface area contributed by atoms with Gasteiger partial charge in [0.1, 0.15) is 23.5 Å². The number of aromatic nitrogens is 3. The number of rotatable bonds is 2. The molecule has 2 heterocycles. The summed E-state index contributed by atoms with van der Waals surface area (Å²) in [6, 6.07) is 5.66. The van der Waals surface area contributed by atoms with Gasteiger partial charge in [0.05, 0.1) is 17.5 Å². The van der Waals surface area contributed by atoms with E-state index in [0.29, 0.717) is 16.6 Å². The highest BCUT2D eigenvalue weighted by molar-refractivity contribution is 6.32. The highest BCUT2D eigenvalue weighted by atomic mass is 35.5. The van der Waals surface area contributed by atoms with Crippen molar-refractivity contribution in [1.29, 1.82) is 0 Å². The molecular formula is C15H15ClN4O. The van der Waals surface area contributed by atoms with Gasteiger partial charge in [-0.25, -0.2) is 9.97 Å². The molecular weight excluding hydrogens is 288 g/mol. The average molecular weight is 303 g/mol. The number of ether oxygens (including phenoxy) is 1. The molecule has 108 valence electrons. The molecule has 1 aromatic carbocycles. The number of hydrogen-bond acceptors (Lipinski definition) is 4. The third-order valence-electron chi connectivity index (χ3n) is 3.73. The molecule has 0 saturated heterocycles. The minimum atomic E-state index is 0.465. The maximum absolute atomic E-state index is 6.10. The van der Waals surface area contributed by atoms with Crippen molar-refractivity contribution in [3.05, 3.63) is 35.2 Å². The Morgan fingerprint density at radius 3 is 2.76 bits per heavy atom. The number of nitrogens with zero attached hydrogens (tertiary/aromatic N) is 3. The van der Waals surface area contributed by atoms with Gasteiger partial charge in [-0.3, -0.25) is 0 Å². The molecule has 0 atom stereocenters. The summed E-state index contributed by atoms with van der Waals surface area (Å²) < 4.78 is 7.30. The molecule has 0 saturated carbocycles. The summed E-state index contributed by atoms with van der Waals surface area (Å²) in [6.07, 6.45) is 1.48. The molecule has 21 heavy (non-hydrogen) atoms. The van der Waals surface area contributed by atoms with E-state index in [9.17, 15) is 0 Å². The van der Waals surface area contributed by atoms with Gasteiger partial charge in [0.2, 0.25) is 0 Å². The Morgan fingerprint density at radius 2 is 2.05 bits per heavy atom. The number of aryl methyl sites for hydroxylation is 1. The van der Waals surface area contributed by atoms with Crippen LogP contribution < -0.4 is 10.5 Å². The number of hydrogen-bond donors (Lipinski definition) is 1. The third-order valence-corrected chi connectivity index (χ3v) is 4.04. The summed E-state index contributed by atoms with van der Waals surface area (Å²) in [5.74, 6) is 1.09. The fourth-order valence-corrected chi connectivity index (χ4v) is 2.75. The number of benzene rings is 1. The van der Waals surface area contributed by atoms with E-state index in [1.54, 1.807) is 7.11 Å². The molecule has 0 unspecified atom stereocenters. The predicted octanol–water partition coefficient (Wildman–Crippen LogP) is 3.19. The van der Waals surface area contributed by atoms with Crippen molar-refractivity contribution < 1.29 is 4.74 Å². The van der Waals surface area contributed by atoms with Crippen molar-refractivity contribution in [3.63, 3.8) is 0 Å². The van der Waals surface area contributed by atoms with Crippen molar-refractivity contribution in [2.45, 2.75) is 6.92 Å². The van der Waals surface area contributed by atoms with Crippen LogP contribution in [0.3, 0.4) is 0 Å². The van der Waals surface area contributed by atoms with Crippen LogP contribution in [0, 0.1) is 6.92 Å². The molecule has 6 heteroatoms. The summed E-state index contributed by atoms with van der Waals surface area (Å²) in [7, 11) is 3.55. The Bertz CT molecular complexity index is 841. The summed E-state index contributed by atoms with van der Waals surface area (Å²) in [5, 5.41) is 1.42. The smallest absolute Gasteiger partial charge is 0.146 e. The van der Waals surface area contributed by atoms with Crippen molar-refractivity contribution in [1.82, 2.24) is 14.5 Å². The van der Waals surface area contributed by atoms with Gasteiger partial charge >= 0.3 is 0 Å². The molecule has 2 N–H and O–H groups in total. The first-order chi connectivity index (χ1) is 10.0. The zero-order chi connectivity index (χ0) is 15.1. The van der Waals surface area contributed by atoms with Gasteiger partial charge in [0, 0.05) is 18.3 Å². The van der Waals surface area contributed by atoms with Gasteiger partial charge in [-0.15, -0.1) is 0 Å². The van der Waals surface area contributed by atoms with Crippen LogP contribution in [0.5, 0.6) is 5.75 Å². The maximum atomic E-state index is 6.10. The van der Waals surface area contributed by atoms with Gasteiger partial charge in [-0.2, -0.15) is 0 Å². The lowest BCUT2D eigenvalue weighted by molar-refractivity contribution is 0.415. The fourth-order valence-electron chi connectivity index (χ4n) is 2.56. The number of fused-ring (bicyclic) bond motifs is 1.